The summed E-state index contributed by atoms with van der Waals surface area (Å²) in [6, 6.07) is 14.1. The Hall–Kier alpha value is -2.82. The molecule has 0 saturated carbocycles. The smallest absolute Gasteiger partial charge is 0.211 e. The molecule has 2 rings (SSSR count). The van der Waals surface area contributed by atoms with Crippen molar-refractivity contribution in [1.29, 1.82) is 0 Å². The molecule has 0 aliphatic heterocycles. The standard InChI is InChI=1S/C14H15N5/c15-14(16)18-17-10-4-8-13-9-5-11-19(13)12-6-2-1-3-7-12/h1-11H,(H4,15,16,18)/b8-4+,17-10-. The summed E-state index contributed by atoms with van der Waals surface area (Å²) in [6.07, 6.45) is 7.24. The lowest BCUT2D eigenvalue weighted by Crippen LogP contribution is -2.21. The van der Waals surface area contributed by atoms with Gasteiger partial charge in [0.05, 0.1) is 0 Å². The molecule has 0 bridgehead atoms. The molecular formula is C14H15N5. The van der Waals surface area contributed by atoms with Gasteiger partial charge in [-0.1, -0.05) is 18.2 Å². The largest absolute Gasteiger partial charge is 0.369 e. The summed E-state index contributed by atoms with van der Waals surface area (Å²) >= 11 is 0. The van der Waals surface area contributed by atoms with Crippen LogP contribution in [-0.4, -0.2) is 16.7 Å². The van der Waals surface area contributed by atoms with Gasteiger partial charge in [-0.3, -0.25) is 0 Å². The highest BCUT2D eigenvalue weighted by Crippen LogP contribution is 2.13. The van der Waals surface area contributed by atoms with Gasteiger partial charge in [0.1, 0.15) is 0 Å². The summed E-state index contributed by atoms with van der Waals surface area (Å²) in [5.74, 6) is -0.0580. The number of rotatable bonds is 4. The highest BCUT2D eigenvalue weighted by atomic mass is 15.3. The topological polar surface area (TPSA) is 81.7 Å². The second-order valence-electron chi connectivity index (χ2n) is 3.79. The van der Waals surface area contributed by atoms with E-state index in [0.717, 1.165) is 11.4 Å². The Balaban J connectivity index is 2.15. The highest BCUT2D eigenvalue weighted by molar-refractivity contribution is 5.80. The molecule has 0 aliphatic rings. The van der Waals surface area contributed by atoms with Gasteiger partial charge >= 0.3 is 0 Å². The average molecular weight is 253 g/mol. The van der Waals surface area contributed by atoms with Crippen LogP contribution in [-0.2, 0) is 0 Å². The first-order chi connectivity index (χ1) is 9.27. The Labute approximate surface area is 111 Å². The molecule has 2 aromatic rings. The zero-order chi connectivity index (χ0) is 13.5. The van der Waals surface area contributed by atoms with Gasteiger partial charge in [-0.15, -0.1) is 5.10 Å². The Morgan fingerprint density at radius 3 is 2.58 bits per heavy atom. The molecule has 0 fully saturated rings. The number of guanidine groups is 1. The molecule has 1 aromatic heterocycles. The predicted octanol–water partition coefficient (Wildman–Crippen LogP) is 1.75. The maximum Gasteiger partial charge on any atom is 0.211 e. The third-order valence-corrected chi connectivity index (χ3v) is 2.41. The molecule has 0 unspecified atom stereocenters. The molecular weight excluding hydrogens is 238 g/mol. The van der Waals surface area contributed by atoms with Crippen LogP contribution in [0.5, 0.6) is 0 Å². The lowest BCUT2D eigenvalue weighted by atomic mass is 10.3. The van der Waals surface area contributed by atoms with Gasteiger partial charge < -0.3 is 16.0 Å². The lowest BCUT2D eigenvalue weighted by Gasteiger charge is -2.05. The summed E-state index contributed by atoms with van der Waals surface area (Å²) in [4.78, 5) is 0. The van der Waals surface area contributed by atoms with Crippen molar-refractivity contribution in [3.8, 4) is 5.69 Å². The van der Waals surface area contributed by atoms with E-state index in [0.29, 0.717) is 0 Å². The van der Waals surface area contributed by atoms with Crippen molar-refractivity contribution < 1.29 is 0 Å². The SMILES string of the molecule is NC(N)=N/N=C\C=C\c1cccn1-c1ccccc1. The normalized spacial score (nSPS) is 11.2. The van der Waals surface area contributed by atoms with E-state index in [1.54, 1.807) is 6.08 Å². The molecule has 19 heavy (non-hydrogen) atoms. The van der Waals surface area contributed by atoms with Crippen LogP contribution in [0.25, 0.3) is 11.8 Å². The molecule has 1 heterocycles. The summed E-state index contributed by atoms with van der Waals surface area (Å²) in [6.45, 7) is 0. The van der Waals surface area contributed by atoms with Crippen LogP contribution in [0, 0.1) is 0 Å². The molecule has 1 aromatic carbocycles. The summed E-state index contributed by atoms with van der Waals surface area (Å²) < 4.78 is 2.07. The van der Waals surface area contributed by atoms with Crippen molar-refractivity contribution in [3.63, 3.8) is 0 Å². The first-order valence-corrected chi connectivity index (χ1v) is 5.79. The Morgan fingerprint density at radius 1 is 1.05 bits per heavy atom. The molecule has 0 radical (unpaired) electrons. The van der Waals surface area contributed by atoms with E-state index >= 15 is 0 Å². The van der Waals surface area contributed by atoms with Crippen molar-refractivity contribution in [2.45, 2.75) is 0 Å². The maximum absolute atomic E-state index is 5.16. The Bertz CT molecular complexity index is 604. The second kappa shape index (κ2) is 6.20. The van der Waals surface area contributed by atoms with Crippen LogP contribution in [0.1, 0.15) is 5.69 Å². The number of benzene rings is 1. The van der Waals surface area contributed by atoms with Gasteiger partial charge in [-0.25, -0.2) is 0 Å². The fourth-order valence-electron chi connectivity index (χ4n) is 1.63. The third-order valence-electron chi connectivity index (χ3n) is 2.41. The van der Waals surface area contributed by atoms with Crippen molar-refractivity contribution in [2.24, 2.45) is 21.7 Å². The minimum absolute atomic E-state index is 0.0580. The van der Waals surface area contributed by atoms with Gasteiger partial charge in [0.25, 0.3) is 0 Å². The zero-order valence-corrected chi connectivity index (χ0v) is 10.3. The van der Waals surface area contributed by atoms with Crippen LogP contribution in [0.3, 0.4) is 0 Å². The van der Waals surface area contributed by atoms with E-state index < -0.39 is 0 Å². The lowest BCUT2D eigenvalue weighted by molar-refractivity contribution is 1.06. The van der Waals surface area contributed by atoms with Gasteiger partial charge in [-0.05, 0) is 36.4 Å². The van der Waals surface area contributed by atoms with E-state index in [9.17, 15) is 0 Å². The predicted molar refractivity (Wildman–Crippen MR) is 79.1 cm³/mol. The molecule has 5 heteroatoms. The van der Waals surface area contributed by atoms with Gasteiger partial charge in [0.15, 0.2) is 0 Å². The molecule has 0 spiro atoms. The number of hydrogen-bond donors (Lipinski definition) is 2. The Kier molecular flexibility index (Phi) is 4.12. The number of nitrogens with zero attached hydrogens (tertiary/aromatic N) is 3. The molecule has 0 atom stereocenters. The van der Waals surface area contributed by atoms with Crippen LogP contribution in [0.4, 0.5) is 0 Å². The monoisotopic (exact) mass is 253 g/mol. The fourth-order valence-corrected chi connectivity index (χ4v) is 1.63. The summed E-state index contributed by atoms with van der Waals surface area (Å²) in [5.41, 5.74) is 12.5. The maximum atomic E-state index is 5.16. The molecule has 96 valence electrons. The van der Waals surface area contributed by atoms with Crippen molar-refractivity contribution >= 4 is 18.3 Å². The van der Waals surface area contributed by atoms with Crippen LogP contribution in [0.2, 0.25) is 0 Å². The molecule has 0 amide bonds. The number of allylic oxidation sites excluding steroid dienone is 1. The zero-order valence-electron chi connectivity index (χ0n) is 10.3. The number of para-hydroxylation sites is 1. The molecule has 4 N–H and O–H groups in total. The van der Waals surface area contributed by atoms with Gasteiger partial charge in [0.2, 0.25) is 5.96 Å². The van der Waals surface area contributed by atoms with E-state index in [1.165, 1.54) is 6.21 Å². The quantitative estimate of drug-likeness (QED) is 0.494. The number of nitrogens with two attached hydrogens (primary N) is 2. The van der Waals surface area contributed by atoms with Crippen molar-refractivity contribution in [1.82, 2.24) is 4.57 Å². The van der Waals surface area contributed by atoms with Crippen LogP contribution in [0.15, 0.2) is 64.9 Å². The van der Waals surface area contributed by atoms with E-state index in [4.69, 9.17) is 11.5 Å². The van der Waals surface area contributed by atoms with Gasteiger partial charge in [-0.2, -0.15) is 5.10 Å². The highest BCUT2D eigenvalue weighted by Gasteiger charge is 1.98. The van der Waals surface area contributed by atoms with Crippen LogP contribution >= 0.6 is 0 Å². The average Bonchev–Trinajstić information content (AvgIpc) is 2.87. The summed E-state index contributed by atoms with van der Waals surface area (Å²) in [7, 11) is 0. The van der Waals surface area contributed by atoms with Crippen molar-refractivity contribution in [3.05, 3.63) is 60.4 Å². The molecule has 5 nitrogen and oxygen atoms in total. The van der Waals surface area contributed by atoms with E-state index in [1.807, 2.05) is 54.7 Å². The van der Waals surface area contributed by atoms with E-state index in [-0.39, 0.29) is 5.96 Å². The fraction of sp³-hybridized carbons (Fsp3) is 0. The Morgan fingerprint density at radius 2 is 1.84 bits per heavy atom. The van der Waals surface area contributed by atoms with Gasteiger partial charge in [0, 0.05) is 23.8 Å². The molecule has 0 aliphatic carbocycles. The minimum Gasteiger partial charge on any atom is -0.369 e. The third kappa shape index (κ3) is 3.57. The number of aromatic nitrogens is 1. The first-order valence-electron chi connectivity index (χ1n) is 5.79. The minimum atomic E-state index is -0.0580. The van der Waals surface area contributed by atoms with Crippen molar-refractivity contribution in [2.75, 3.05) is 0 Å². The van der Waals surface area contributed by atoms with Crippen LogP contribution < -0.4 is 11.5 Å². The van der Waals surface area contributed by atoms with E-state index in [2.05, 4.69) is 14.8 Å². The molecule has 0 saturated heterocycles. The second-order valence-corrected chi connectivity index (χ2v) is 3.79. The summed E-state index contributed by atoms with van der Waals surface area (Å²) in [5, 5.41) is 7.20. The first kappa shape index (κ1) is 12.6. The number of hydrogen-bond acceptors (Lipinski definition) is 2.